The molecule has 0 aliphatic carbocycles. The fourth-order valence-electron chi connectivity index (χ4n) is 6.15. The zero-order valence-electron chi connectivity index (χ0n) is 24.3. The van der Waals surface area contributed by atoms with Crippen LogP contribution in [-0.4, -0.2) is 23.8 Å². The van der Waals surface area contributed by atoms with Crippen molar-refractivity contribution in [3.8, 4) is 0 Å². The van der Waals surface area contributed by atoms with E-state index in [1.54, 1.807) is 0 Å². The van der Waals surface area contributed by atoms with Crippen molar-refractivity contribution in [2.24, 2.45) is 0 Å². The predicted octanol–water partition coefficient (Wildman–Crippen LogP) is 7.81. The minimum absolute atomic E-state index is 0.0766. The maximum atomic E-state index is 10.4. The van der Waals surface area contributed by atoms with Gasteiger partial charge < -0.3 is 10.4 Å². The van der Waals surface area contributed by atoms with Gasteiger partial charge in [0.05, 0.1) is 6.10 Å². The Morgan fingerprint density at radius 1 is 0.590 bits per heavy atom. The van der Waals surface area contributed by atoms with Gasteiger partial charge in [-0.25, -0.2) is 0 Å². The number of benzene rings is 4. The summed E-state index contributed by atoms with van der Waals surface area (Å²) in [6, 6.07) is 36.3. The van der Waals surface area contributed by atoms with Gasteiger partial charge in [-0.05, 0) is 53.6 Å². The largest absolute Gasteiger partial charge is 0.392 e. The topological polar surface area (TPSA) is 32.3 Å². The second-order valence-electron chi connectivity index (χ2n) is 12.6. The normalized spacial score (nSPS) is 18.1. The van der Waals surface area contributed by atoms with Crippen molar-refractivity contribution >= 4 is 0 Å². The van der Waals surface area contributed by atoms with Gasteiger partial charge in [0.2, 0.25) is 0 Å². The first-order chi connectivity index (χ1) is 18.6. The lowest BCUT2D eigenvalue weighted by molar-refractivity contribution is 0.192. The molecule has 0 spiro atoms. The molecule has 1 aliphatic rings. The summed E-state index contributed by atoms with van der Waals surface area (Å²) in [7, 11) is 0. The Labute approximate surface area is 235 Å². The minimum atomic E-state index is -0.294. The van der Waals surface area contributed by atoms with Crippen LogP contribution in [0.25, 0.3) is 0 Å². The quantitative estimate of drug-likeness (QED) is 0.262. The molecule has 2 heteroatoms. The van der Waals surface area contributed by atoms with Crippen LogP contribution in [-0.2, 0) is 10.8 Å². The third kappa shape index (κ3) is 5.60. The molecular weight excluding hydrogens is 474 g/mol. The van der Waals surface area contributed by atoms with E-state index in [1.807, 2.05) is 0 Å². The summed E-state index contributed by atoms with van der Waals surface area (Å²) in [5, 5.41) is 14.0. The Morgan fingerprint density at radius 2 is 0.923 bits per heavy atom. The molecule has 5 rings (SSSR count). The number of nitrogens with one attached hydrogen (secondary N) is 1. The van der Waals surface area contributed by atoms with E-state index in [2.05, 4.69) is 144 Å². The molecule has 2 atom stereocenters. The summed E-state index contributed by atoms with van der Waals surface area (Å²) >= 11 is 0. The number of aliphatic hydroxyl groups excluding tert-OH is 1. The molecule has 0 amide bonds. The third-order valence-corrected chi connectivity index (χ3v) is 9.07. The van der Waals surface area contributed by atoms with Crippen LogP contribution in [0, 0.1) is 13.8 Å². The highest BCUT2D eigenvalue weighted by Gasteiger charge is 2.33. The average molecular weight is 518 g/mol. The maximum Gasteiger partial charge on any atom is 0.0679 e. The molecule has 4 aromatic carbocycles. The first kappa shape index (κ1) is 27.4. The molecule has 0 saturated carbocycles. The van der Waals surface area contributed by atoms with Gasteiger partial charge >= 0.3 is 0 Å². The van der Waals surface area contributed by atoms with Crippen molar-refractivity contribution < 1.29 is 5.11 Å². The average Bonchev–Trinajstić information content (AvgIpc) is 3.35. The lowest BCUT2D eigenvalue weighted by Crippen LogP contribution is -2.30. The van der Waals surface area contributed by atoms with Crippen molar-refractivity contribution in [1.29, 1.82) is 0 Å². The molecule has 1 heterocycles. The van der Waals surface area contributed by atoms with Crippen molar-refractivity contribution in [2.75, 3.05) is 6.54 Å². The fourth-order valence-corrected chi connectivity index (χ4v) is 6.15. The van der Waals surface area contributed by atoms with Crippen LogP contribution >= 0.6 is 0 Å². The summed E-state index contributed by atoms with van der Waals surface area (Å²) in [6.45, 7) is 14.1. The van der Waals surface area contributed by atoms with Crippen LogP contribution in [0.4, 0.5) is 0 Å². The van der Waals surface area contributed by atoms with Gasteiger partial charge in [-0.3, -0.25) is 0 Å². The molecule has 2 nitrogen and oxygen atoms in total. The molecule has 0 aromatic heterocycles. The lowest BCUT2D eigenvalue weighted by Gasteiger charge is -2.30. The molecule has 1 aliphatic heterocycles. The predicted molar refractivity (Wildman–Crippen MR) is 164 cm³/mol. The highest BCUT2D eigenvalue weighted by Crippen LogP contribution is 2.38. The second kappa shape index (κ2) is 10.8. The highest BCUT2D eigenvalue weighted by molar-refractivity contribution is 5.45. The van der Waals surface area contributed by atoms with Gasteiger partial charge in [0.1, 0.15) is 0 Å². The maximum absolute atomic E-state index is 10.4. The number of aryl methyl sites for hydroxylation is 2. The number of hydrogen-bond acceptors (Lipinski definition) is 2. The SMILES string of the molecule is Cc1ccc(C(C)(C)c2ccc(C(c3ccc(C(C)(C)c4ccc(C)cc4)cc3)C3C[C@H](O)CN3)cc2)cc1. The number of aliphatic hydroxyl groups is 1. The van der Waals surface area contributed by atoms with E-state index in [-0.39, 0.29) is 28.9 Å². The Morgan fingerprint density at radius 3 is 1.23 bits per heavy atom. The van der Waals surface area contributed by atoms with E-state index in [0.29, 0.717) is 6.54 Å². The molecule has 2 N–H and O–H groups in total. The van der Waals surface area contributed by atoms with Crippen LogP contribution in [0.5, 0.6) is 0 Å². The van der Waals surface area contributed by atoms with E-state index >= 15 is 0 Å². The third-order valence-electron chi connectivity index (χ3n) is 9.07. The number of hydrogen-bond donors (Lipinski definition) is 2. The highest BCUT2D eigenvalue weighted by atomic mass is 16.3. The zero-order valence-corrected chi connectivity index (χ0v) is 24.3. The van der Waals surface area contributed by atoms with Crippen LogP contribution in [0.15, 0.2) is 97.1 Å². The first-order valence-corrected chi connectivity index (χ1v) is 14.3. The van der Waals surface area contributed by atoms with Crippen LogP contribution in [0.2, 0.25) is 0 Å². The van der Waals surface area contributed by atoms with Crippen molar-refractivity contribution in [3.63, 3.8) is 0 Å². The molecule has 0 radical (unpaired) electrons. The number of rotatable bonds is 7. The Balaban J connectivity index is 1.46. The smallest absolute Gasteiger partial charge is 0.0679 e. The van der Waals surface area contributed by atoms with E-state index < -0.39 is 0 Å². The fraction of sp³-hybridized carbons (Fsp3) is 0.351. The summed E-state index contributed by atoms with van der Waals surface area (Å²) in [4.78, 5) is 0. The minimum Gasteiger partial charge on any atom is -0.392 e. The van der Waals surface area contributed by atoms with E-state index in [0.717, 1.165) is 6.42 Å². The molecule has 39 heavy (non-hydrogen) atoms. The number of β-amino-alcohol motifs (C(OH)–C–C–N with tert-alkyl or cyclic N) is 1. The van der Waals surface area contributed by atoms with Crippen LogP contribution in [0.1, 0.15) is 84.5 Å². The van der Waals surface area contributed by atoms with Crippen molar-refractivity contribution in [1.82, 2.24) is 5.32 Å². The molecule has 1 fully saturated rings. The van der Waals surface area contributed by atoms with Gasteiger partial charge in [-0.1, -0.05) is 136 Å². The van der Waals surface area contributed by atoms with Gasteiger partial charge in [-0.15, -0.1) is 0 Å². The van der Waals surface area contributed by atoms with Crippen LogP contribution < -0.4 is 5.32 Å². The summed E-state index contributed by atoms with van der Waals surface area (Å²) in [5.74, 6) is 0.176. The Kier molecular flexibility index (Phi) is 7.55. The van der Waals surface area contributed by atoms with E-state index in [4.69, 9.17) is 0 Å². The van der Waals surface area contributed by atoms with Crippen molar-refractivity contribution in [3.05, 3.63) is 142 Å². The van der Waals surface area contributed by atoms with Crippen LogP contribution in [0.3, 0.4) is 0 Å². The summed E-state index contributed by atoms with van der Waals surface area (Å²) in [5.41, 5.74) is 10.3. The zero-order chi connectivity index (χ0) is 27.8. The van der Waals surface area contributed by atoms with Crippen molar-refractivity contribution in [2.45, 2.75) is 76.9 Å². The van der Waals surface area contributed by atoms with E-state index in [9.17, 15) is 5.11 Å². The molecule has 0 bridgehead atoms. The first-order valence-electron chi connectivity index (χ1n) is 14.3. The summed E-state index contributed by atoms with van der Waals surface area (Å²) in [6.07, 6.45) is 0.467. The Bertz CT molecular complexity index is 1280. The van der Waals surface area contributed by atoms with Gasteiger partial charge in [0.15, 0.2) is 0 Å². The molecular formula is C37H43NO. The molecule has 4 aromatic rings. The second-order valence-corrected chi connectivity index (χ2v) is 12.6. The van der Waals surface area contributed by atoms with Gasteiger partial charge in [0, 0.05) is 29.3 Å². The monoisotopic (exact) mass is 517 g/mol. The summed E-state index contributed by atoms with van der Waals surface area (Å²) < 4.78 is 0. The molecule has 202 valence electrons. The van der Waals surface area contributed by atoms with E-state index in [1.165, 1.54) is 44.5 Å². The standard InChI is InChI=1S/C37H43NO/c1-25-7-15-29(16-8-25)36(3,4)31-19-11-27(12-20-31)35(34-23-33(39)24-38-34)28-13-21-32(22-14-28)37(5,6)30-17-9-26(2)10-18-30/h7-22,33-35,38-39H,23-24H2,1-6H3/t33-,34?/m0/s1. The lowest BCUT2D eigenvalue weighted by atomic mass is 9.75. The Hall–Kier alpha value is -3.20. The van der Waals surface area contributed by atoms with Gasteiger partial charge in [-0.2, -0.15) is 0 Å². The molecule has 1 saturated heterocycles. The molecule has 1 unspecified atom stereocenters. The van der Waals surface area contributed by atoms with Gasteiger partial charge in [0.25, 0.3) is 0 Å².